The molecule has 0 aliphatic heterocycles. The molecule has 0 saturated carbocycles. The average Bonchev–Trinajstić information content (AvgIpc) is 2.69. The van der Waals surface area contributed by atoms with Crippen LogP contribution in [0.5, 0.6) is 5.75 Å². The van der Waals surface area contributed by atoms with Gasteiger partial charge >= 0.3 is 5.97 Å². The topological polar surface area (TPSA) is 83.9 Å². The monoisotopic (exact) mass is 369 g/mol. The fourth-order valence-electron chi connectivity index (χ4n) is 1.70. The Morgan fingerprint density at radius 1 is 1.00 bits per heavy atom. The summed E-state index contributed by atoms with van der Waals surface area (Å²) in [6, 6.07) is 5.12. The summed E-state index contributed by atoms with van der Waals surface area (Å²) in [4.78, 5) is 29.1. The van der Waals surface area contributed by atoms with Gasteiger partial charge in [0.1, 0.15) is 19.3 Å². The van der Waals surface area contributed by atoms with Crippen molar-refractivity contribution in [3.05, 3.63) is 23.8 Å². The first-order valence-electron chi connectivity index (χ1n) is 8.80. The molecule has 0 fully saturated rings. The third kappa shape index (κ3) is 14.0. The number of benzene rings is 1. The van der Waals surface area contributed by atoms with Gasteiger partial charge in [0.15, 0.2) is 0 Å². The maximum absolute atomic E-state index is 11.1. The van der Waals surface area contributed by atoms with Crippen molar-refractivity contribution < 1.29 is 24.2 Å². The smallest absolute Gasteiger partial charge is 0.335 e. The maximum atomic E-state index is 11.1. The predicted molar refractivity (Wildman–Crippen MR) is 108 cm³/mol. The first-order chi connectivity index (χ1) is 12.5. The lowest BCUT2D eigenvalue weighted by molar-refractivity contribution is -0.0987. The number of carboxylic acid groups (broad SMARTS) is 1. The molecule has 1 N–H and O–H groups in total. The van der Waals surface area contributed by atoms with Gasteiger partial charge in [-0.05, 0) is 25.5 Å². The summed E-state index contributed by atoms with van der Waals surface area (Å²) in [5.74, 6) is -0.322. The second-order valence-electron chi connectivity index (χ2n) is 5.23. The number of unbranched alkanes of at least 4 members (excludes halogenated alkanes) is 2. The molecule has 0 bridgehead atoms. The van der Waals surface area contributed by atoms with Gasteiger partial charge in [-0.15, -0.1) is 0 Å². The Morgan fingerprint density at radius 3 is 1.92 bits per heavy atom. The van der Waals surface area contributed by atoms with Crippen molar-refractivity contribution in [2.24, 2.45) is 0 Å². The second kappa shape index (κ2) is 20.7. The molecule has 6 nitrogen and oxygen atoms in total. The summed E-state index contributed by atoms with van der Waals surface area (Å²) in [6.45, 7) is 13.8. The molecule has 0 unspecified atom stereocenters. The molecular weight excluding hydrogens is 334 g/mol. The fraction of sp³-hybridized carbons (Fsp3) is 0.550. The minimum absolute atomic E-state index is 0.263. The zero-order chi connectivity index (χ0) is 21.0. The summed E-state index contributed by atoms with van der Waals surface area (Å²) in [5.41, 5.74) is 1.14. The third-order valence-corrected chi connectivity index (χ3v) is 3.24. The number of anilines is 1. The number of rotatable bonds is 8. The van der Waals surface area contributed by atoms with Crippen molar-refractivity contribution in [1.29, 1.82) is 0 Å². The van der Waals surface area contributed by atoms with Crippen LogP contribution in [0.4, 0.5) is 5.69 Å². The van der Waals surface area contributed by atoms with Crippen LogP contribution in [0, 0.1) is 0 Å². The highest BCUT2D eigenvalue weighted by Gasteiger charge is 2.10. The average molecular weight is 370 g/mol. The number of hydrogen-bond acceptors (Lipinski definition) is 5. The van der Waals surface area contributed by atoms with E-state index in [1.54, 1.807) is 12.1 Å². The number of aromatic carboxylic acids is 1. The van der Waals surface area contributed by atoms with Gasteiger partial charge in [-0.2, -0.15) is 0 Å². The number of hydrogen-bond donors (Lipinski definition) is 1. The molecule has 0 saturated heterocycles. The van der Waals surface area contributed by atoms with Crippen LogP contribution in [0.1, 0.15) is 63.7 Å². The number of carbonyl (C=O) groups excluding carboxylic acids is 2. The molecule has 26 heavy (non-hydrogen) atoms. The number of carbonyl (C=O) groups is 3. The van der Waals surface area contributed by atoms with Crippen LogP contribution in [0.3, 0.4) is 0 Å². The van der Waals surface area contributed by atoms with Gasteiger partial charge in [0, 0.05) is 25.3 Å². The molecule has 1 aromatic rings. The predicted octanol–water partition coefficient (Wildman–Crippen LogP) is 4.46. The first-order valence-corrected chi connectivity index (χ1v) is 8.80. The van der Waals surface area contributed by atoms with Crippen LogP contribution in [-0.4, -0.2) is 44.9 Å². The van der Waals surface area contributed by atoms with Crippen LogP contribution in [0.15, 0.2) is 18.2 Å². The standard InChI is InChI=1S/C14H21NO3.C4H10.2CH2O/c1-4-6-7-15(3)12-8-11(14(16)17)9-13(10-12)18-5-2;1-3-4-2;2*1-2/h8-10H,4-7H2,1-3H3,(H,16,17);3-4H2,1-2H3;2*1H2. The third-order valence-electron chi connectivity index (χ3n) is 3.24. The van der Waals surface area contributed by atoms with Crippen molar-refractivity contribution in [2.75, 3.05) is 25.1 Å². The first kappa shape index (κ1) is 28.4. The molecule has 0 aliphatic carbocycles. The molecule has 6 heteroatoms. The van der Waals surface area contributed by atoms with E-state index in [1.807, 2.05) is 33.6 Å². The minimum atomic E-state index is -0.929. The highest BCUT2D eigenvalue weighted by molar-refractivity contribution is 5.89. The quantitative estimate of drug-likeness (QED) is 0.728. The fourth-order valence-corrected chi connectivity index (χ4v) is 1.70. The van der Waals surface area contributed by atoms with Gasteiger partial charge in [0.25, 0.3) is 0 Å². The van der Waals surface area contributed by atoms with Gasteiger partial charge in [0.2, 0.25) is 0 Å². The van der Waals surface area contributed by atoms with Gasteiger partial charge in [-0.25, -0.2) is 4.79 Å². The largest absolute Gasteiger partial charge is 0.494 e. The summed E-state index contributed by atoms with van der Waals surface area (Å²) >= 11 is 0. The molecule has 0 amide bonds. The lowest BCUT2D eigenvalue weighted by Gasteiger charge is -2.20. The zero-order valence-electron chi connectivity index (χ0n) is 16.9. The second-order valence-corrected chi connectivity index (χ2v) is 5.23. The van der Waals surface area contributed by atoms with E-state index < -0.39 is 5.97 Å². The molecule has 1 aromatic carbocycles. The van der Waals surface area contributed by atoms with Crippen molar-refractivity contribution in [3.8, 4) is 5.75 Å². The van der Waals surface area contributed by atoms with Gasteiger partial charge < -0.3 is 24.3 Å². The van der Waals surface area contributed by atoms with E-state index >= 15 is 0 Å². The van der Waals surface area contributed by atoms with E-state index in [4.69, 9.17) is 19.4 Å². The molecule has 0 aromatic heterocycles. The molecule has 1 rings (SSSR count). The Bertz CT molecular complexity index is 462. The van der Waals surface area contributed by atoms with Gasteiger partial charge in [0.05, 0.1) is 12.2 Å². The van der Waals surface area contributed by atoms with E-state index in [1.165, 1.54) is 12.8 Å². The van der Waals surface area contributed by atoms with Crippen LogP contribution < -0.4 is 9.64 Å². The summed E-state index contributed by atoms with van der Waals surface area (Å²) < 4.78 is 5.40. The van der Waals surface area contributed by atoms with Crippen LogP contribution in [-0.2, 0) is 9.59 Å². The normalized spacial score (nSPS) is 8.50. The van der Waals surface area contributed by atoms with Crippen LogP contribution >= 0.6 is 0 Å². The highest BCUT2D eigenvalue weighted by Crippen LogP contribution is 2.24. The van der Waals surface area contributed by atoms with E-state index in [2.05, 4.69) is 25.7 Å². The van der Waals surface area contributed by atoms with E-state index in [0.717, 1.165) is 25.1 Å². The Balaban J connectivity index is -0.000000568. The lowest BCUT2D eigenvalue weighted by Crippen LogP contribution is -2.18. The summed E-state index contributed by atoms with van der Waals surface area (Å²) in [5, 5.41) is 9.09. The molecule has 0 radical (unpaired) electrons. The summed E-state index contributed by atoms with van der Waals surface area (Å²) in [6.07, 6.45) is 4.83. The SMILES string of the molecule is C=O.C=O.CCCC.CCCCN(C)c1cc(OCC)cc(C(=O)O)c1. The Hall–Kier alpha value is -2.37. The number of nitrogens with zero attached hydrogens (tertiary/aromatic N) is 1. The molecular formula is C20H35NO5. The Labute approximate surface area is 158 Å². The van der Waals surface area contributed by atoms with E-state index in [9.17, 15) is 4.79 Å². The van der Waals surface area contributed by atoms with Gasteiger partial charge in [-0.1, -0.05) is 40.0 Å². The van der Waals surface area contributed by atoms with Crippen LogP contribution in [0.25, 0.3) is 0 Å². The molecule has 0 aliphatic rings. The van der Waals surface area contributed by atoms with E-state index in [-0.39, 0.29) is 5.56 Å². The highest BCUT2D eigenvalue weighted by atomic mass is 16.5. The van der Waals surface area contributed by atoms with Crippen molar-refractivity contribution in [2.45, 2.75) is 53.4 Å². The molecule has 0 atom stereocenters. The minimum Gasteiger partial charge on any atom is -0.494 e. The Kier molecular flexibility index (Phi) is 22.6. The lowest BCUT2D eigenvalue weighted by atomic mass is 10.1. The van der Waals surface area contributed by atoms with E-state index in [0.29, 0.717) is 12.4 Å². The number of ether oxygens (including phenoxy) is 1. The molecule has 0 spiro atoms. The molecule has 0 heterocycles. The zero-order valence-corrected chi connectivity index (χ0v) is 16.9. The van der Waals surface area contributed by atoms with Gasteiger partial charge in [-0.3, -0.25) is 0 Å². The van der Waals surface area contributed by atoms with Crippen molar-refractivity contribution in [3.63, 3.8) is 0 Å². The van der Waals surface area contributed by atoms with Crippen molar-refractivity contribution in [1.82, 2.24) is 0 Å². The van der Waals surface area contributed by atoms with Crippen LogP contribution in [0.2, 0.25) is 0 Å². The summed E-state index contributed by atoms with van der Waals surface area (Å²) in [7, 11) is 1.96. The maximum Gasteiger partial charge on any atom is 0.335 e. The van der Waals surface area contributed by atoms with Crippen molar-refractivity contribution >= 4 is 25.2 Å². The Morgan fingerprint density at radius 2 is 1.54 bits per heavy atom. The molecule has 150 valence electrons. The number of carboxylic acids is 1.